The number of nitrogens with zero attached hydrogens (tertiary/aromatic N) is 1. The first kappa shape index (κ1) is 15.4. The lowest BCUT2D eigenvalue weighted by Gasteiger charge is -2.20. The van der Waals surface area contributed by atoms with Crippen molar-refractivity contribution in [2.75, 3.05) is 46.4 Å². The summed E-state index contributed by atoms with van der Waals surface area (Å²) in [6, 6.07) is 0.632. The van der Waals surface area contributed by atoms with E-state index >= 15 is 0 Å². The molecule has 0 aliphatic carbocycles. The van der Waals surface area contributed by atoms with Gasteiger partial charge in [-0.1, -0.05) is 0 Å². The summed E-state index contributed by atoms with van der Waals surface area (Å²) in [6.45, 7) is 9.29. The monoisotopic (exact) mass is 257 g/mol. The van der Waals surface area contributed by atoms with Gasteiger partial charge in [-0.3, -0.25) is 4.79 Å². The fraction of sp³-hybridized carbons (Fsp3) is 0.923. The fourth-order valence-electron chi connectivity index (χ4n) is 2.24. The highest BCUT2D eigenvalue weighted by molar-refractivity contribution is 5.77. The zero-order valence-corrected chi connectivity index (χ0v) is 11.9. The van der Waals surface area contributed by atoms with Crippen molar-refractivity contribution in [2.24, 2.45) is 5.92 Å². The van der Waals surface area contributed by atoms with Crippen molar-refractivity contribution in [3.05, 3.63) is 0 Å². The van der Waals surface area contributed by atoms with Gasteiger partial charge in [0.25, 0.3) is 0 Å². The second-order valence-electron chi connectivity index (χ2n) is 5.22. The average molecular weight is 257 g/mol. The molecule has 1 heterocycles. The van der Waals surface area contributed by atoms with Crippen molar-refractivity contribution in [2.45, 2.75) is 26.3 Å². The van der Waals surface area contributed by atoms with Crippen molar-refractivity contribution in [1.29, 1.82) is 0 Å². The molecule has 0 aromatic heterocycles. The quantitative estimate of drug-likeness (QED) is 0.604. The van der Waals surface area contributed by atoms with Gasteiger partial charge in [0.05, 0.1) is 13.2 Å². The van der Waals surface area contributed by atoms with Gasteiger partial charge in [0.1, 0.15) is 0 Å². The van der Waals surface area contributed by atoms with Crippen LogP contribution in [-0.2, 0) is 9.53 Å². The van der Waals surface area contributed by atoms with Gasteiger partial charge in [0.2, 0.25) is 5.91 Å². The highest BCUT2D eigenvalue weighted by atomic mass is 16.5. The third kappa shape index (κ3) is 5.80. The van der Waals surface area contributed by atoms with Crippen molar-refractivity contribution in [3.63, 3.8) is 0 Å². The maximum absolute atomic E-state index is 11.4. The first-order valence-electron chi connectivity index (χ1n) is 6.84. The van der Waals surface area contributed by atoms with Crippen LogP contribution < -0.4 is 10.6 Å². The highest BCUT2D eigenvalue weighted by Gasteiger charge is 2.23. The molecule has 106 valence electrons. The van der Waals surface area contributed by atoms with Crippen LogP contribution in [0.25, 0.3) is 0 Å². The molecular formula is C13H27N3O2. The molecule has 5 heteroatoms. The highest BCUT2D eigenvalue weighted by Crippen LogP contribution is 2.17. The summed E-state index contributed by atoms with van der Waals surface area (Å²) in [5, 5.41) is 6.03. The number of hydrogen-bond donors (Lipinski definition) is 2. The first-order chi connectivity index (χ1) is 8.63. The minimum Gasteiger partial charge on any atom is -0.383 e. The zero-order chi connectivity index (χ0) is 13.4. The van der Waals surface area contributed by atoms with Crippen LogP contribution >= 0.6 is 0 Å². The van der Waals surface area contributed by atoms with E-state index in [2.05, 4.69) is 29.4 Å². The number of carbonyl (C=O) groups is 1. The van der Waals surface area contributed by atoms with Gasteiger partial charge in [-0.05, 0) is 39.3 Å². The van der Waals surface area contributed by atoms with Crippen molar-refractivity contribution >= 4 is 5.91 Å². The van der Waals surface area contributed by atoms with E-state index in [1.54, 1.807) is 7.11 Å². The summed E-state index contributed by atoms with van der Waals surface area (Å²) < 4.78 is 4.87. The molecule has 1 rings (SSSR count). The lowest BCUT2D eigenvalue weighted by atomic mass is 10.1. The lowest BCUT2D eigenvalue weighted by Crippen LogP contribution is -2.38. The molecule has 1 aliphatic heterocycles. The van der Waals surface area contributed by atoms with Crippen molar-refractivity contribution < 1.29 is 9.53 Å². The number of carbonyl (C=O) groups excluding carboxylic acids is 1. The maximum atomic E-state index is 11.4. The van der Waals surface area contributed by atoms with Crippen LogP contribution in [0.4, 0.5) is 0 Å². The molecule has 2 N–H and O–H groups in total. The molecule has 18 heavy (non-hydrogen) atoms. The Morgan fingerprint density at radius 3 is 2.89 bits per heavy atom. The standard InChI is InChI=1S/C13H27N3O2/c1-11(2)16-6-4-12(10-16)8-14-9-13(17)15-5-7-18-3/h11-12,14H,4-10H2,1-3H3,(H,15,17). The third-order valence-electron chi connectivity index (χ3n) is 3.39. The van der Waals surface area contributed by atoms with Gasteiger partial charge in [0, 0.05) is 26.2 Å². The van der Waals surface area contributed by atoms with Crippen LogP contribution in [0.1, 0.15) is 20.3 Å². The fourth-order valence-corrected chi connectivity index (χ4v) is 2.24. The van der Waals surface area contributed by atoms with Gasteiger partial charge in [-0.25, -0.2) is 0 Å². The summed E-state index contributed by atoms with van der Waals surface area (Å²) >= 11 is 0. The van der Waals surface area contributed by atoms with Crippen LogP contribution in [0.15, 0.2) is 0 Å². The summed E-state index contributed by atoms with van der Waals surface area (Å²) in [7, 11) is 1.63. The summed E-state index contributed by atoms with van der Waals surface area (Å²) in [6.07, 6.45) is 1.23. The lowest BCUT2D eigenvalue weighted by molar-refractivity contribution is -0.120. The van der Waals surface area contributed by atoms with E-state index in [0.29, 0.717) is 31.7 Å². The van der Waals surface area contributed by atoms with Crippen LogP contribution in [-0.4, -0.2) is 63.3 Å². The van der Waals surface area contributed by atoms with Crippen LogP contribution in [0.5, 0.6) is 0 Å². The largest absolute Gasteiger partial charge is 0.383 e. The molecule has 1 fully saturated rings. The van der Waals surface area contributed by atoms with E-state index in [4.69, 9.17) is 4.74 Å². The number of likely N-dealkylation sites (tertiary alicyclic amines) is 1. The summed E-state index contributed by atoms with van der Waals surface area (Å²) in [5.41, 5.74) is 0. The molecule has 0 aromatic carbocycles. The second kappa shape index (κ2) is 8.45. The molecule has 0 aromatic rings. The van der Waals surface area contributed by atoms with Gasteiger partial charge >= 0.3 is 0 Å². The zero-order valence-electron chi connectivity index (χ0n) is 11.9. The van der Waals surface area contributed by atoms with Crippen LogP contribution in [0, 0.1) is 5.92 Å². The smallest absolute Gasteiger partial charge is 0.234 e. The Morgan fingerprint density at radius 1 is 1.50 bits per heavy atom. The van der Waals surface area contributed by atoms with E-state index in [-0.39, 0.29) is 5.91 Å². The normalized spacial score (nSPS) is 20.6. The Balaban J connectivity index is 2.03. The molecule has 1 amide bonds. The van der Waals surface area contributed by atoms with Gasteiger partial charge in [-0.15, -0.1) is 0 Å². The number of ether oxygens (including phenoxy) is 1. The molecule has 5 nitrogen and oxygen atoms in total. The number of amides is 1. The van der Waals surface area contributed by atoms with Crippen molar-refractivity contribution in [3.8, 4) is 0 Å². The average Bonchev–Trinajstić information content (AvgIpc) is 2.78. The Bertz CT molecular complexity index is 246. The second-order valence-corrected chi connectivity index (χ2v) is 5.22. The number of methoxy groups -OCH3 is 1. The van der Waals surface area contributed by atoms with E-state index in [0.717, 1.165) is 13.1 Å². The molecule has 0 bridgehead atoms. The van der Waals surface area contributed by atoms with E-state index in [9.17, 15) is 4.79 Å². The molecule has 1 aliphatic rings. The molecule has 0 spiro atoms. The van der Waals surface area contributed by atoms with E-state index in [1.165, 1.54) is 13.0 Å². The minimum atomic E-state index is 0.0470. The van der Waals surface area contributed by atoms with Gasteiger partial charge in [-0.2, -0.15) is 0 Å². The molecule has 0 radical (unpaired) electrons. The molecule has 1 unspecified atom stereocenters. The van der Waals surface area contributed by atoms with E-state index in [1.807, 2.05) is 0 Å². The predicted molar refractivity (Wildman–Crippen MR) is 72.6 cm³/mol. The van der Waals surface area contributed by atoms with Crippen LogP contribution in [0.2, 0.25) is 0 Å². The third-order valence-corrected chi connectivity index (χ3v) is 3.39. The summed E-state index contributed by atoms with van der Waals surface area (Å²) in [4.78, 5) is 13.9. The Hall–Kier alpha value is -0.650. The topological polar surface area (TPSA) is 53.6 Å². The Labute approximate surface area is 110 Å². The van der Waals surface area contributed by atoms with Gasteiger partial charge < -0.3 is 20.3 Å². The maximum Gasteiger partial charge on any atom is 0.234 e. The number of rotatable bonds is 8. The molecular weight excluding hydrogens is 230 g/mol. The Kier molecular flexibility index (Phi) is 7.23. The Morgan fingerprint density at radius 2 is 2.28 bits per heavy atom. The minimum absolute atomic E-state index is 0.0470. The number of hydrogen-bond acceptors (Lipinski definition) is 4. The molecule has 0 saturated carbocycles. The number of nitrogens with one attached hydrogen (secondary N) is 2. The van der Waals surface area contributed by atoms with Crippen molar-refractivity contribution in [1.82, 2.24) is 15.5 Å². The predicted octanol–water partition coefficient (Wildman–Crippen LogP) is 0.0689. The van der Waals surface area contributed by atoms with Gasteiger partial charge in [0.15, 0.2) is 0 Å². The SMILES string of the molecule is COCCNC(=O)CNCC1CCN(C(C)C)C1. The molecule has 1 saturated heterocycles. The first-order valence-corrected chi connectivity index (χ1v) is 6.84. The van der Waals surface area contributed by atoms with E-state index < -0.39 is 0 Å². The summed E-state index contributed by atoms with van der Waals surface area (Å²) in [5.74, 6) is 0.727. The molecule has 1 atom stereocenters. The van der Waals surface area contributed by atoms with Crippen LogP contribution in [0.3, 0.4) is 0 Å².